The van der Waals surface area contributed by atoms with Crippen LogP contribution in [0.15, 0.2) is 12.2 Å². The van der Waals surface area contributed by atoms with Crippen molar-refractivity contribution in [1.29, 1.82) is 0 Å². The molecule has 0 aliphatic carbocycles. The first-order valence-corrected chi connectivity index (χ1v) is 8.33. The van der Waals surface area contributed by atoms with Gasteiger partial charge in [-0.15, -0.1) is 0 Å². The fourth-order valence-corrected chi connectivity index (χ4v) is 2.38. The predicted octanol–water partition coefficient (Wildman–Crippen LogP) is 7.44. The van der Waals surface area contributed by atoms with Crippen molar-refractivity contribution >= 4 is 5.97 Å². The van der Waals surface area contributed by atoms with E-state index in [1.807, 2.05) is 0 Å². The Morgan fingerprint density at radius 1 is 0.556 bits per heavy atom. The van der Waals surface area contributed by atoms with Crippen LogP contribution in [0, 0.1) is 0 Å². The van der Waals surface area contributed by atoms with Gasteiger partial charge in [0.1, 0.15) is 0 Å². The van der Waals surface area contributed by atoms with Crippen LogP contribution >= 0.6 is 0 Å². The van der Waals surface area contributed by atoms with Crippen LogP contribution in [0.1, 0.15) is 19.3 Å². The minimum atomic E-state index is -9.13. The summed E-state index contributed by atoms with van der Waals surface area (Å²) in [5, 5.41) is 8.36. The lowest BCUT2D eigenvalue weighted by atomic mass is 9.78. The highest BCUT2D eigenvalue weighted by Crippen LogP contribution is 2.67. The highest BCUT2D eigenvalue weighted by molar-refractivity contribution is 5.85. The molecule has 0 amide bonds. The van der Waals surface area contributed by atoms with E-state index < -0.39 is 84.4 Å². The van der Waals surface area contributed by atoms with Crippen LogP contribution in [-0.4, -0.2) is 64.6 Å². The summed E-state index contributed by atoms with van der Waals surface area (Å²) < 4.78 is 251. The van der Waals surface area contributed by atoms with Crippen LogP contribution in [0.5, 0.6) is 0 Å². The highest BCUT2D eigenvalue weighted by Gasteiger charge is 2.98. The van der Waals surface area contributed by atoms with Gasteiger partial charge in [0.15, 0.2) is 0 Å². The van der Waals surface area contributed by atoms with Crippen molar-refractivity contribution in [2.75, 3.05) is 0 Å². The lowest BCUT2D eigenvalue weighted by molar-refractivity contribution is -0.472. The first kappa shape index (κ1) is 33.9. The molecule has 0 fully saturated rings. The quantitative estimate of drug-likeness (QED) is 0.203. The number of rotatable bonds is 11. The molecule has 0 radical (unpaired) electrons. The minimum absolute atomic E-state index is 1.14. The molecular weight excluding hydrogens is 573 g/mol. The molecule has 0 aromatic carbocycles. The van der Waals surface area contributed by atoms with Gasteiger partial charge in [-0.3, -0.25) is 0 Å². The number of carboxylic acids is 1. The molecule has 0 aliphatic rings. The van der Waals surface area contributed by atoms with E-state index in [-0.39, 0.29) is 0 Å². The largest absolute Gasteiger partial charge is 0.478 e. The first-order valence-electron chi connectivity index (χ1n) is 8.33. The van der Waals surface area contributed by atoms with Gasteiger partial charge in [0.25, 0.3) is 0 Å². The Hall–Kier alpha value is -2.12. The third kappa shape index (κ3) is 4.65. The average molecular weight is 582 g/mol. The van der Waals surface area contributed by atoms with Gasteiger partial charge in [-0.1, -0.05) is 6.58 Å². The molecule has 0 heterocycles. The average Bonchev–Trinajstić information content (AvgIpc) is 2.64. The molecule has 1 unspecified atom stereocenters. The van der Waals surface area contributed by atoms with E-state index in [1.54, 1.807) is 0 Å². The molecule has 0 aromatic rings. The fraction of sp³-hybridized carbons (Fsp3) is 0.800. The second kappa shape index (κ2) is 9.02. The summed E-state index contributed by atoms with van der Waals surface area (Å²) in [6.45, 7) is 2.61. The fourth-order valence-electron chi connectivity index (χ4n) is 2.38. The maximum Gasteiger partial charge on any atom is 0.460 e. The summed E-state index contributed by atoms with van der Waals surface area (Å²) in [4.78, 5) is 10.4. The Balaban J connectivity index is 7.00. The molecule has 0 saturated carbocycles. The summed E-state index contributed by atoms with van der Waals surface area (Å²) in [6.07, 6.45) is -22.5. The number of alkyl halides is 19. The van der Waals surface area contributed by atoms with Gasteiger partial charge in [-0.05, 0) is 12.8 Å². The summed E-state index contributed by atoms with van der Waals surface area (Å²) in [7, 11) is 0. The van der Waals surface area contributed by atoms with Crippen molar-refractivity contribution < 1.29 is 93.3 Å². The molecule has 1 N–H and O–H groups in total. The number of halogens is 19. The van der Waals surface area contributed by atoms with Gasteiger partial charge in [-0.2, -0.15) is 79.0 Å². The summed E-state index contributed by atoms with van der Waals surface area (Å²) in [5.74, 6) is -52.6. The van der Waals surface area contributed by atoms with Crippen molar-refractivity contribution in [3.63, 3.8) is 0 Å². The van der Waals surface area contributed by atoms with Gasteiger partial charge in [-0.25, -0.2) is 9.18 Å². The Morgan fingerprint density at radius 2 is 0.917 bits per heavy atom. The van der Waals surface area contributed by atoms with Crippen LogP contribution in [0.2, 0.25) is 0 Å². The van der Waals surface area contributed by atoms with E-state index in [2.05, 4.69) is 6.58 Å². The maximum absolute atomic E-state index is 14.2. The van der Waals surface area contributed by atoms with Gasteiger partial charge < -0.3 is 5.11 Å². The Labute approximate surface area is 185 Å². The summed E-state index contributed by atoms with van der Waals surface area (Å²) in [5.41, 5.74) is -10.0. The molecule has 214 valence electrons. The molecule has 0 bridgehead atoms. The van der Waals surface area contributed by atoms with Crippen LogP contribution in [0.25, 0.3) is 0 Å². The third-order valence-electron chi connectivity index (χ3n) is 4.53. The SMILES string of the molecule is C=C(CCCC(F)(F)C(F)(F)C(F)(C(F)(F)F)C(F)(F)C(F)(F)C(F)(F)C(F)(F)C(F)(F)F)C(=O)O. The number of hydrogen-bond donors (Lipinski definition) is 1. The lowest BCUT2D eigenvalue weighted by Gasteiger charge is -2.46. The van der Waals surface area contributed by atoms with E-state index in [0.29, 0.717) is 0 Å². The van der Waals surface area contributed by atoms with E-state index in [1.165, 1.54) is 0 Å². The van der Waals surface area contributed by atoms with Gasteiger partial charge >= 0.3 is 59.5 Å². The van der Waals surface area contributed by atoms with Crippen LogP contribution in [0.3, 0.4) is 0 Å². The molecule has 0 aliphatic heterocycles. The Morgan fingerprint density at radius 3 is 1.22 bits per heavy atom. The van der Waals surface area contributed by atoms with E-state index >= 15 is 0 Å². The second-order valence-electron chi connectivity index (χ2n) is 6.99. The topological polar surface area (TPSA) is 37.3 Å². The zero-order valence-corrected chi connectivity index (χ0v) is 16.4. The summed E-state index contributed by atoms with van der Waals surface area (Å²) >= 11 is 0. The molecular formula is C15H9F19O2. The standard InChI is InChI=1S/C15H9F19O2/c1-5(6(35)36)3-2-4-7(16,17)9(19,20)8(18,14(29,30)31)10(21,22)11(23,24)12(25,26)13(27,28)15(32,33)34/h1-4H2,(H,35,36). The number of carboxylic acid groups (broad SMARTS) is 1. The zero-order valence-electron chi connectivity index (χ0n) is 16.4. The van der Waals surface area contributed by atoms with Gasteiger partial charge in [0, 0.05) is 12.0 Å². The molecule has 2 nitrogen and oxygen atoms in total. The van der Waals surface area contributed by atoms with Gasteiger partial charge in [0.05, 0.1) is 0 Å². The monoisotopic (exact) mass is 582 g/mol. The minimum Gasteiger partial charge on any atom is -0.478 e. The van der Waals surface area contributed by atoms with E-state index in [9.17, 15) is 88.2 Å². The van der Waals surface area contributed by atoms with Crippen molar-refractivity contribution in [1.82, 2.24) is 0 Å². The molecule has 1 atom stereocenters. The van der Waals surface area contributed by atoms with Crippen LogP contribution < -0.4 is 0 Å². The van der Waals surface area contributed by atoms with Crippen LogP contribution in [-0.2, 0) is 4.79 Å². The number of aliphatic carboxylic acids is 1. The Bertz CT molecular complexity index is 837. The molecule has 0 aromatic heterocycles. The van der Waals surface area contributed by atoms with Crippen molar-refractivity contribution in [3.05, 3.63) is 12.2 Å². The van der Waals surface area contributed by atoms with Crippen molar-refractivity contribution in [3.8, 4) is 0 Å². The van der Waals surface area contributed by atoms with E-state index in [0.717, 1.165) is 0 Å². The second-order valence-corrected chi connectivity index (χ2v) is 6.99. The normalized spacial score (nSPS) is 17.1. The number of carbonyl (C=O) groups is 1. The first-order chi connectivity index (χ1) is 15.3. The van der Waals surface area contributed by atoms with Crippen molar-refractivity contribution in [2.24, 2.45) is 0 Å². The summed E-state index contributed by atoms with van der Waals surface area (Å²) in [6, 6.07) is 0. The molecule has 36 heavy (non-hydrogen) atoms. The lowest BCUT2D eigenvalue weighted by Crippen LogP contribution is -2.79. The van der Waals surface area contributed by atoms with Gasteiger partial charge in [0.2, 0.25) is 0 Å². The van der Waals surface area contributed by atoms with Crippen molar-refractivity contribution in [2.45, 2.75) is 72.8 Å². The van der Waals surface area contributed by atoms with E-state index in [4.69, 9.17) is 5.11 Å². The van der Waals surface area contributed by atoms with Crippen LogP contribution in [0.4, 0.5) is 83.4 Å². The molecule has 0 spiro atoms. The zero-order chi connectivity index (χ0) is 29.8. The maximum atomic E-state index is 14.2. The smallest absolute Gasteiger partial charge is 0.460 e. The molecule has 0 saturated heterocycles. The molecule has 21 heteroatoms. The third-order valence-corrected chi connectivity index (χ3v) is 4.53. The number of hydrogen-bond acceptors (Lipinski definition) is 1. The highest BCUT2D eigenvalue weighted by atomic mass is 19.4. The molecule has 0 rings (SSSR count). The Kier molecular flexibility index (Phi) is 8.49. The predicted molar refractivity (Wildman–Crippen MR) is 76.3 cm³/mol.